The van der Waals surface area contributed by atoms with Gasteiger partial charge in [-0.15, -0.1) is 11.3 Å². The molecule has 22 heavy (non-hydrogen) atoms. The highest BCUT2D eigenvalue weighted by Crippen LogP contribution is 2.30. The Morgan fingerprint density at radius 3 is 2.59 bits per heavy atom. The first kappa shape index (κ1) is 17.9. The summed E-state index contributed by atoms with van der Waals surface area (Å²) in [5, 5.41) is 9.55. The quantitative estimate of drug-likeness (QED) is 0.686. The monoisotopic (exact) mass is 325 g/mol. The van der Waals surface area contributed by atoms with E-state index in [0.717, 1.165) is 16.2 Å². The Morgan fingerprint density at radius 1 is 1.45 bits per heavy atom. The fourth-order valence-electron chi connectivity index (χ4n) is 1.92. The van der Waals surface area contributed by atoms with E-state index in [1.54, 1.807) is 21.0 Å². The van der Waals surface area contributed by atoms with Crippen molar-refractivity contribution >= 4 is 28.2 Å². The first-order valence-corrected chi connectivity index (χ1v) is 7.63. The molecular formula is C14H21N4O3S+. The molecule has 1 amide bonds. The molecule has 0 aliphatic heterocycles. The molecule has 1 aromatic rings. The lowest BCUT2D eigenvalue weighted by atomic mass is 10.1. The highest BCUT2D eigenvalue weighted by Gasteiger charge is 2.26. The highest BCUT2D eigenvalue weighted by molar-refractivity contribution is 7.18. The van der Waals surface area contributed by atoms with Gasteiger partial charge in [-0.1, -0.05) is 0 Å². The predicted molar refractivity (Wildman–Crippen MR) is 83.6 cm³/mol. The van der Waals surface area contributed by atoms with Crippen molar-refractivity contribution in [3.8, 4) is 6.07 Å². The Bertz CT molecular complexity index is 604. The topological polar surface area (TPSA) is 101 Å². The molecule has 0 saturated carbocycles. The first-order valence-electron chi connectivity index (χ1n) is 6.81. The van der Waals surface area contributed by atoms with Gasteiger partial charge in [0.2, 0.25) is 0 Å². The first-order chi connectivity index (χ1) is 10.3. The summed E-state index contributed by atoms with van der Waals surface area (Å²) in [6.07, 6.45) is 0. The maximum Gasteiger partial charge on any atom is 0.348 e. The minimum Gasteiger partial charge on any atom is -0.462 e. The Hall–Kier alpha value is -2.11. The van der Waals surface area contributed by atoms with Gasteiger partial charge in [0.1, 0.15) is 22.5 Å². The van der Waals surface area contributed by atoms with Crippen LogP contribution in [0.25, 0.3) is 0 Å². The van der Waals surface area contributed by atoms with E-state index >= 15 is 0 Å². The van der Waals surface area contributed by atoms with Crippen LogP contribution in [0.2, 0.25) is 0 Å². The number of rotatable bonds is 6. The van der Waals surface area contributed by atoms with Crippen LogP contribution in [0.15, 0.2) is 0 Å². The van der Waals surface area contributed by atoms with Crippen molar-refractivity contribution in [1.82, 2.24) is 4.90 Å². The van der Waals surface area contributed by atoms with Gasteiger partial charge in [0, 0.05) is 14.1 Å². The van der Waals surface area contributed by atoms with E-state index < -0.39 is 5.97 Å². The van der Waals surface area contributed by atoms with Crippen LogP contribution in [-0.4, -0.2) is 51.1 Å². The number of hydrogen-bond acceptors (Lipinski definition) is 6. The number of anilines is 1. The highest BCUT2D eigenvalue weighted by atomic mass is 32.1. The number of likely N-dealkylation sites (N-methyl/N-ethyl adjacent to an activating group) is 2. The van der Waals surface area contributed by atoms with Gasteiger partial charge in [0.25, 0.3) is 5.91 Å². The van der Waals surface area contributed by atoms with E-state index in [1.165, 1.54) is 4.90 Å². The summed E-state index contributed by atoms with van der Waals surface area (Å²) in [4.78, 5) is 26.5. The number of ether oxygens (including phenoxy) is 1. The normalized spacial score (nSPS) is 11.6. The van der Waals surface area contributed by atoms with Gasteiger partial charge in [0.05, 0.1) is 24.8 Å². The zero-order valence-electron chi connectivity index (χ0n) is 13.2. The summed E-state index contributed by atoms with van der Waals surface area (Å²) in [5.41, 5.74) is 6.66. The fourth-order valence-corrected chi connectivity index (χ4v) is 2.85. The third kappa shape index (κ3) is 4.19. The third-order valence-corrected chi connectivity index (χ3v) is 4.08. The van der Waals surface area contributed by atoms with Crippen molar-refractivity contribution < 1.29 is 19.2 Å². The molecule has 1 heterocycles. The SMILES string of the molecule is CCOC(=O)c1sc(N)c(C#N)c1C[NH+](C)CC(=O)N(C)C. The summed E-state index contributed by atoms with van der Waals surface area (Å²) in [6.45, 7) is 2.58. The third-order valence-electron chi connectivity index (χ3n) is 3.04. The number of thiophene rings is 1. The fraction of sp³-hybridized carbons (Fsp3) is 0.500. The second-order valence-corrected chi connectivity index (χ2v) is 6.13. The Kier molecular flexibility index (Phi) is 6.34. The Morgan fingerprint density at radius 2 is 2.09 bits per heavy atom. The average molecular weight is 325 g/mol. The molecule has 1 atom stereocenters. The zero-order chi connectivity index (χ0) is 16.9. The van der Waals surface area contributed by atoms with Crippen molar-refractivity contribution in [3.05, 3.63) is 16.0 Å². The van der Waals surface area contributed by atoms with Crippen molar-refractivity contribution in [1.29, 1.82) is 5.26 Å². The summed E-state index contributed by atoms with van der Waals surface area (Å²) in [7, 11) is 5.19. The van der Waals surface area contributed by atoms with E-state index in [2.05, 4.69) is 0 Å². The van der Waals surface area contributed by atoms with Gasteiger partial charge in [-0.25, -0.2) is 4.79 Å². The lowest BCUT2D eigenvalue weighted by molar-refractivity contribution is -0.885. The summed E-state index contributed by atoms with van der Waals surface area (Å²) in [6, 6.07) is 2.03. The van der Waals surface area contributed by atoms with Crippen LogP contribution >= 0.6 is 11.3 Å². The van der Waals surface area contributed by atoms with Gasteiger partial charge >= 0.3 is 5.97 Å². The predicted octanol–water partition coefficient (Wildman–Crippen LogP) is -0.518. The van der Waals surface area contributed by atoms with Gasteiger partial charge in [0.15, 0.2) is 6.54 Å². The second kappa shape index (κ2) is 7.77. The number of esters is 1. The molecule has 0 aliphatic rings. The largest absolute Gasteiger partial charge is 0.462 e. The van der Waals surface area contributed by atoms with Gasteiger partial charge in [-0.05, 0) is 6.92 Å². The number of carbonyl (C=O) groups is 2. The molecule has 0 radical (unpaired) electrons. The van der Waals surface area contributed by atoms with Crippen LogP contribution < -0.4 is 10.6 Å². The van der Waals surface area contributed by atoms with Crippen molar-refractivity contribution in [2.75, 3.05) is 40.0 Å². The molecule has 0 spiro atoms. The van der Waals surface area contributed by atoms with Gasteiger partial charge in [-0.3, -0.25) is 4.79 Å². The average Bonchev–Trinajstić information content (AvgIpc) is 2.74. The zero-order valence-corrected chi connectivity index (χ0v) is 14.0. The molecule has 1 aromatic heterocycles. The minimum absolute atomic E-state index is 0.0307. The molecule has 0 aliphatic carbocycles. The van der Waals surface area contributed by atoms with E-state index in [-0.39, 0.29) is 19.1 Å². The van der Waals surface area contributed by atoms with Crippen LogP contribution in [0.3, 0.4) is 0 Å². The number of carbonyl (C=O) groups excluding carboxylic acids is 2. The maximum absolute atomic E-state index is 12.0. The molecule has 0 saturated heterocycles. The van der Waals surface area contributed by atoms with Crippen molar-refractivity contribution in [2.45, 2.75) is 13.5 Å². The number of amides is 1. The van der Waals surface area contributed by atoms with Crippen LogP contribution in [0, 0.1) is 11.3 Å². The van der Waals surface area contributed by atoms with E-state index in [0.29, 0.717) is 27.5 Å². The van der Waals surface area contributed by atoms with Crippen LogP contribution in [0.5, 0.6) is 0 Å². The maximum atomic E-state index is 12.0. The number of nitrogens with zero attached hydrogens (tertiary/aromatic N) is 2. The van der Waals surface area contributed by atoms with E-state index in [1.807, 2.05) is 13.1 Å². The van der Waals surface area contributed by atoms with E-state index in [9.17, 15) is 14.9 Å². The minimum atomic E-state index is -0.484. The molecule has 120 valence electrons. The molecule has 0 bridgehead atoms. The molecule has 0 fully saturated rings. The summed E-state index contributed by atoms with van der Waals surface area (Å²) < 4.78 is 5.00. The Balaban J connectivity index is 3.04. The number of nitrogen functional groups attached to an aromatic ring is 1. The molecule has 7 nitrogen and oxygen atoms in total. The molecule has 8 heteroatoms. The summed E-state index contributed by atoms with van der Waals surface area (Å²) >= 11 is 1.05. The lowest BCUT2D eigenvalue weighted by Crippen LogP contribution is -3.08. The second-order valence-electron chi connectivity index (χ2n) is 5.08. The van der Waals surface area contributed by atoms with Gasteiger partial charge in [-0.2, -0.15) is 5.26 Å². The van der Waals surface area contributed by atoms with Crippen LogP contribution in [0.4, 0.5) is 5.00 Å². The van der Waals surface area contributed by atoms with Crippen molar-refractivity contribution in [2.24, 2.45) is 0 Å². The molecule has 1 rings (SSSR count). The smallest absolute Gasteiger partial charge is 0.348 e. The van der Waals surface area contributed by atoms with E-state index in [4.69, 9.17) is 10.5 Å². The van der Waals surface area contributed by atoms with Gasteiger partial charge < -0.3 is 20.3 Å². The molecular weight excluding hydrogens is 304 g/mol. The van der Waals surface area contributed by atoms with Crippen LogP contribution in [-0.2, 0) is 16.1 Å². The van der Waals surface area contributed by atoms with Crippen molar-refractivity contribution in [3.63, 3.8) is 0 Å². The molecule has 0 aromatic carbocycles. The lowest BCUT2D eigenvalue weighted by Gasteiger charge is -2.16. The summed E-state index contributed by atoms with van der Waals surface area (Å²) in [5.74, 6) is -0.515. The molecule has 3 N–H and O–H groups in total. The number of hydrogen-bond donors (Lipinski definition) is 2. The number of nitriles is 1. The number of nitrogens with two attached hydrogens (primary N) is 1. The standard InChI is InChI=1S/C14H20N4O3S/c1-5-21-14(20)12-10(9(6-15)13(16)22-12)7-18(4)8-11(19)17(2)3/h5,7-8,16H2,1-4H3/p+1. The number of quaternary nitrogens is 1. The Labute approximate surface area is 133 Å². The molecule has 1 unspecified atom stereocenters. The van der Waals surface area contributed by atoms with Crippen LogP contribution in [0.1, 0.15) is 27.7 Å². The number of nitrogens with one attached hydrogen (secondary N) is 1.